The fourth-order valence-corrected chi connectivity index (χ4v) is 1.34. The van der Waals surface area contributed by atoms with Crippen molar-refractivity contribution in [2.75, 3.05) is 13.9 Å². The van der Waals surface area contributed by atoms with Gasteiger partial charge < -0.3 is 9.47 Å². The van der Waals surface area contributed by atoms with Gasteiger partial charge in [0.05, 0.1) is 4.47 Å². The molecule has 0 bridgehead atoms. The predicted octanol–water partition coefficient (Wildman–Crippen LogP) is 2.24. The first-order valence-electron chi connectivity index (χ1n) is 3.64. The molecule has 0 aromatic heterocycles. The number of benzene rings is 1. The van der Waals surface area contributed by atoms with Gasteiger partial charge in [-0.1, -0.05) is 0 Å². The smallest absolute Gasteiger partial charge is 0.188 e. The maximum Gasteiger partial charge on any atom is 0.188 e. The normalized spacial score (nSPS) is 9.69. The summed E-state index contributed by atoms with van der Waals surface area (Å²) in [4.78, 5) is 10.4. The van der Waals surface area contributed by atoms with Crippen LogP contribution in [0, 0.1) is 0 Å². The van der Waals surface area contributed by atoms with Crippen LogP contribution < -0.4 is 4.74 Å². The zero-order chi connectivity index (χ0) is 9.68. The van der Waals surface area contributed by atoms with Crippen LogP contribution in [-0.4, -0.2) is 20.2 Å². The Morgan fingerprint density at radius 2 is 2.31 bits per heavy atom. The minimum atomic E-state index is 0.193. The van der Waals surface area contributed by atoms with Crippen molar-refractivity contribution in [2.24, 2.45) is 0 Å². The van der Waals surface area contributed by atoms with Crippen LogP contribution >= 0.6 is 15.9 Å². The maximum absolute atomic E-state index is 10.4. The average molecular weight is 245 g/mol. The summed E-state index contributed by atoms with van der Waals surface area (Å²) in [6, 6.07) is 5.09. The predicted molar refractivity (Wildman–Crippen MR) is 52.0 cm³/mol. The summed E-state index contributed by atoms with van der Waals surface area (Å²) < 4.78 is 10.7. The van der Waals surface area contributed by atoms with Gasteiger partial charge in [0, 0.05) is 12.7 Å². The van der Waals surface area contributed by atoms with E-state index in [1.54, 1.807) is 25.3 Å². The second kappa shape index (κ2) is 4.99. The molecule has 0 spiro atoms. The summed E-state index contributed by atoms with van der Waals surface area (Å²) in [6.45, 7) is 0.193. The van der Waals surface area contributed by atoms with Crippen molar-refractivity contribution in [3.8, 4) is 5.75 Å². The van der Waals surface area contributed by atoms with E-state index in [9.17, 15) is 4.79 Å². The largest absolute Gasteiger partial charge is 0.466 e. The molecule has 0 saturated carbocycles. The number of carbonyl (C=O) groups is 1. The van der Waals surface area contributed by atoms with Gasteiger partial charge in [-0.15, -0.1) is 0 Å². The molecular weight excluding hydrogens is 236 g/mol. The number of hydrogen-bond acceptors (Lipinski definition) is 3. The molecule has 0 aliphatic rings. The van der Waals surface area contributed by atoms with Crippen LogP contribution in [-0.2, 0) is 4.74 Å². The van der Waals surface area contributed by atoms with E-state index in [-0.39, 0.29) is 6.79 Å². The molecule has 0 fully saturated rings. The lowest BCUT2D eigenvalue weighted by Crippen LogP contribution is -1.99. The number of aldehydes is 1. The summed E-state index contributed by atoms with van der Waals surface area (Å²) in [5.41, 5.74) is 0.608. The van der Waals surface area contributed by atoms with E-state index >= 15 is 0 Å². The molecule has 1 aromatic carbocycles. The molecule has 0 N–H and O–H groups in total. The highest BCUT2D eigenvalue weighted by Crippen LogP contribution is 2.25. The Bertz CT molecular complexity index is 299. The van der Waals surface area contributed by atoms with Crippen molar-refractivity contribution in [3.63, 3.8) is 0 Å². The SMILES string of the molecule is COCOc1ccc(C=O)cc1Br. The molecule has 0 unspecified atom stereocenters. The van der Waals surface area contributed by atoms with Gasteiger partial charge in [0.2, 0.25) is 0 Å². The maximum atomic E-state index is 10.4. The summed E-state index contributed by atoms with van der Waals surface area (Å²) in [7, 11) is 1.55. The molecule has 0 atom stereocenters. The van der Waals surface area contributed by atoms with Gasteiger partial charge >= 0.3 is 0 Å². The number of carbonyl (C=O) groups excluding carboxylic acids is 1. The minimum absolute atomic E-state index is 0.193. The van der Waals surface area contributed by atoms with Gasteiger partial charge in [-0.2, -0.15) is 0 Å². The summed E-state index contributed by atoms with van der Waals surface area (Å²) in [5, 5.41) is 0. The van der Waals surface area contributed by atoms with Crippen molar-refractivity contribution in [3.05, 3.63) is 28.2 Å². The third kappa shape index (κ3) is 2.82. The van der Waals surface area contributed by atoms with Gasteiger partial charge in [0.15, 0.2) is 6.79 Å². The van der Waals surface area contributed by atoms with Crippen molar-refractivity contribution >= 4 is 22.2 Å². The number of hydrogen-bond donors (Lipinski definition) is 0. The molecule has 1 rings (SSSR count). The van der Waals surface area contributed by atoms with Gasteiger partial charge in [0.25, 0.3) is 0 Å². The highest BCUT2D eigenvalue weighted by molar-refractivity contribution is 9.10. The minimum Gasteiger partial charge on any atom is -0.466 e. The molecule has 0 amide bonds. The fraction of sp³-hybridized carbons (Fsp3) is 0.222. The monoisotopic (exact) mass is 244 g/mol. The first-order chi connectivity index (χ1) is 6.27. The molecule has 3 nitrogen and oxygen atoms in total. The van der Waals surface area contributed by atoms with Crippen molar-refractivity contribution < 1.29 is 14.3 Å². The van der Waals surface area contributed by atoms with Crippen LogP contribution in [0.15, 0.2) is 22.7 Å². The van der Waals surface area contributed by atoms with E-state index in [4.69, 9.17) is 9.47 Å². The van der Waals surface area contributed by atoms with E-state index in [2.05, 4.69) is 15.9 Å². The highest BCUT2D eigenvalue weighted by Gasteiger charge is 2.01. The Hall–Kier alpha value is -0.870. The summed E-state index contributed by atoms with van der Waals surface area (Å²) in [5.74, 6) is 0.660. The molecule has 0 heterocycles. The average Bonchev–Trinajstić information content (AvgIpc) is 2.16. The fourth-order valence-electron chi connectivity index (χ4n) is 0.830. The molecule has 70 valence electrons. The lowest BCUT2D eigenvalue weighted by atomic mass is 10.2. The third-order valence-corrected chi connectivity index (χ3v) is 2.04. The van der Waals surface area contributed by atoms with E-state index < -0.39 is 0 Å². The number of rotatable bonds is 4. The lowest BCUT2D eigenvalue weighted by Gasteiger charge is -2.06. The van der Waals surface area contributed by atoms with Crippen molar-refractivity contribution in [2.45, 2.75) is 0 Å². The summed E-state index contributed by atoms with van der Waals surface area (Å²) in [6.07, 6.45) is 0.783. The Balaban J connectivity index is 2.79. The van der Waals surface area contributed by atoms with E-state index in [1.165, 1.54) is 0 Å². The Morgan fingerprint density at radius 1 is 1.54 bits per heavy atom. The Morgan fingerprint density at radius 3 is 2.85 bits per heavy atom. The van der Waals surface area contributed by atoms with Crippen molar-refractivity contribution in [1.82, 2.24) is 0 Å². The highest BCUT2D eigenvalue weighted by atomic mass is 79.9. The summed E-state index contributed by atoms with van der Waals surface area (Å²) >= 11 is 3.28. The lowest BCUT2D eigenvalue weighted by molar-refractivity contribution is 0.0506. The van der Waals surface area contributed by atoms with Crippen molar-refractivity contribution in [1.29, 1.82) is 0 Å². The van der Waals surface area contributed by atoms with Crippen LogP contribution in [0.5, 0.6) is 5.75 Å². The molecule has 1 aromatic rings. The standard InChI is InChI=1S/C9H9BrO3/c1-12-6-13-9-3-2-7(5-11)4-8(9)10/h2-5H,6H2,1H3. The second-order valence-electron chi connectivity index (χ2n) is 2.36. The van der Waals surface area contributed by atoms with Crippen LogP contribution in [0.4, 0.5) is 0 Å². The second-order valence-corrected chi connectivity index (χ2v) is 3.21. The quantitative estimate of drug-likeness (QED) is 0.602. The zero-order valence-corrected chi connectivity index (χ0v) is 8.71. The third-order valence-electron chi connectivity index (χ3n) is 1.42. The van der Waals surface area contributed by atoms with E-state index in [0.717, 1.165) is 10.8 Å². The molecular formula is C9H9BrO3. The molecule has 4 heteroatoms. The Kier molecular flexibility index (Phi) is 3.92. The van der Waals surface area contributed by atoms with Gasteiger partial charge in [-0.25, -0.2) is 0 Å². The zero-order valence-electron chi connectivity index (χ0n) is 7.12. The molecule has 13 heavy (non-hydrogen) atoms. The first kappa shape index (κ1) is 10.2. The molecule has 0 aliphatic heterocycles. The molecule has 0 saturated heterocycles. The topological polar surface area (TPSA) is 35.5 Å². The van der Waals surface area contributed by atoms with E-state index in [1.807, 2.05) is 0 Å². The van der Waals surface area contributed by atoms with Gasteiger partial charge in [-0.3, -0.25) is 4.79 Å². The number of halogens is 1. The van der Waals surface area contributed by atoms with Crippen LogP contribution in [0.25, 0.3) is 0 Å². The van der Waals surface area contributed by atoms with Gasteiger partial charge in [0.1, 0.15) is 12.0 Å². The number of ether oxygens (including phenoxy) is 2. The Labute approximate surface area is 84.8 Å². The van der Waals surface area contributed by atoms with Gasteiger partial charge in [-0.05, 0) is 34.1 Å². The molecule has 0 aliphatic carbocycles. The first-order valence-corrected chi connectivity index (χ1v) is 4.43. The molecule has 0 radical (unpaired) electrons. The number of methoxy groups -OCH3 is 1. The van der Waals surface area contributed by atoms with Crippen LogP contribution in [0.2, 0.25) is 0 Å². The van der Waals surface area contributed by atoms with Crippen LogP contribution in [0.1, 0.15) is 10.4 Å². The van der Waals surface area contributed by atoms with E-state index in [0.29, 0.717) is 11.3 Å². The van der Waals surface area contributed by atoms with Crippen LogP contribution in [0.3, 0.4) is 0 Å².